The van der Waals surface area contributed by atoms with Crippen LogP contribution in [0.1, 0.15) is 31.2 Å². The number of carboxylic acid groups (broad SMARTS) is 1. The Morgan fingerprint density at radius 2 is 2.21 bits per heavy atom. The molecule has 19 heavy (non-hydrogen) atoms. The number of carboxylic acids is 1. The highest BCUT2D eigenvalue weighted by atomic mass is 35.5. The molecule has 0 heterocycles. The zero-order chi connectivity index (χ0) is 13.8. The molecule has 4 nitrogen and oxygen atoms in total. The van der Waals surface area contributed by atoms with Gasteiger partial charge in [0.05, 0.1) is 5.92 Å². The molecule has 104 valence electrons. The molecule has 3 N–H and O–H groups in total. The first-order valence-corrected chi connectivity index (χ1v) is 6.87. The average Bonchev–Trinajstić information content (AvgIpc) is 2.40. The summed E-state index contributed by atoms with van der Waals surface area (Å²) in [5.41, 5.74) is 0.741. The number of halogens is 1. The molecule has 1 aliphatic rings. The zero-order valence-electron chi connectivity index (χ0n) is 10.6. The van der Waals surface area contributed by atoms with Crippen LogP contribution in [0.4, 0.5) is 0 Å². The molecule has 2 rings (SSSR count). The first kappa shape index (κ1) is 14.2. The van der Waals surface area contributed by atoms with Crippen LogP contribution in [0.3, 0.4) is 0 Å². The average molecular weight is 284 g/mol. The number of nitrogens with one attached hydrogen (secondary N) is 1. The molecule has 0 spiro atoms. The van der Waals surface area contributed by atoms with Crippen molar-refractivity contribution in [3.05, 3.63) is 28.8 Å². The van der Waals surface area contributed by atoms with Crippen LogP contribution in [-0.2, 0) is 11.3 Å². The number of hydrogen-bond donors (Lipinski definition) is 3. The van der Waals surface area contributed by atoms with E-state index in [9.17, 15) is 9.90 Å². The van der Waals surface area contributed by atoms with Crippen LogP contribution >= 0.6 is 11.6 Å². The molecule has 0 amide bonds. The molecule has 0 aromatic heterocycles. The normalized spacial score (nSPS) is 23.2. The number of rotatable bonds is 4. The summed E-state index contributed by atoms with van der Waals surface area (Å²) < 4.78 is 0. The van der Waals surface area contributed by atoms with Crippen molar-refractivity contribution in [3.8, 4) is 5.75 Å². The zero-order valence-corrected chi connectivity index (χ0v) is 11.4. The van der Waals surface area contributed by atoms with Gasteiger partial charge in [-0.1, -0.05) is 18.0 Å². The number of carbonyl (C=O) groups is 1. The third kappa shape index (κ3) is 3.85. The Bertz CT molecular complexity index is 464. The number of aromatic hydroxyl groups is 1. The third-order valence-electron chi connectivity index (χ3n) is 3.65. The highest BCUT2D eigenvalue weighted by molar-refractivity contribution is 6.30. The van der Waals surface area contributed by atoms with E-state index in [1.54, 1.807) is 18.2 Å². The monoisotopic (exact) mass is 283 g/mol. The van der Waals surface area contributed by atoms with Crippen molar-refractivity contribution in [2.45, 2.75) is 38.3 Å². The van der Waals surface area contributed by atoms with Crippen molar-refractivity contribution in [2.75, 3.05) is 0 Å². The molecule has 1 aromatic carbocycles. The van der Waals surface area contributed by atoms with Crippen molar-refractivity contribution >= 4 is 17.6 Å². The van der Waals surface area contributed by atoms with Gasteiger partial charge in [-0.25, -0.2) is 0 Å². The first-order chi connectivity index (χ1) is 9.06. The molecule has 0 radical (unpaired) electrons. The van der Waals surface area contributed by atoms with Gasteiger partial charge < -0.3 is 15.5 Å². The lowest BCUT2D eigenvalue weighted by molar-refractivity contribution is -0.143. The number of benzene rings is 1. The van der Waals surface area contributed by atoms with Gasteiger partial charge in [-0.2, -0.15) is 0 Å². The Balaban J connectivity index is 1.91. The van der Waals surface area contributed by atoms with Gasteiger partial charge in [-0.15, -0.1) is 0 Å². The molecular weight excluding hydrogens is 266 g/mol. The minimum Gasteiger partial charge on any atom is -0.508 e. The second-order valence-corrected chi connectivity index (χ2v) is 5.49. The summed E-state index contributed by atoms with van der Waals surface area (Å²) in [6.45, 7) is 0.503. The Hall–Kier alpha value is -1.26. The summed E-state index contributed by atoms with van der Waals surface area (Å²) in [5, 5.41) is 22.6. The van der Waals surface area contributed by atoms with Gasteiger partial charge in [0, 0.05) is 23.2 Å². The number of aliphatic carboxylic acids is 1. The maximum atomic E-state index is 11.0. The molecule has 1 aliphatic carbocycles. The predicted octanol–water partition coefficient (Wildman–Crippen LogP) is 2.78. The summed E-state index contributed by atoms with van der Waals surface area (Å²) in [6.07, 6.45) is 3.31. The summed E-state index contributed by atoms with van der Waals surface area (Å²) >= 11 is 5.89. The topological polar surface area (TPSA) is 69.6 Å². The number of phenols is 1. The lowest BCUT2D eigenvalue weighted by Gasteiger charge is -2.27. The van der Waals surface area contributed by atoms with E-state index in [-0.39, 0.29) is 17.7 Å². The fourth-order valence-electron chi connectivity index (χ4n) is 2.55. The Kier molecular flexibility index (Phi) is 4.66. The van der Waals surface area contributed by atoms with Crippen molar-refractivity contribution < 1.29 is 15.0 Å². The van der Waals surface area contributed by atoms with Crippen LogP contribution in [0.5, 0.6) is 5.75 Å². The van der Waals surface area contributed by atoms with E-state index in [0.29, 0.717) is 18.0 Å². The van der Waals surface area contributed by atoms with E-state index in [1.807, 2.05) is 0 Å². The van der Waals surface area contributed by atoms with E-state index >= 15 is 0 Å². The molecular formula is C14H18ClNO3. The highest BCUT2D eigenvalue weighted by Crippen LogP contribution is 2.26. The fraction of sp³-hybridized carbons (Fsp3) is 0.500. The van der Waals surface area contributed by atoms with Gasteiger partial charge in [0.2, 0.25) is 0 Å². The Morgan fingerprint density at radius 1 is 1.42 bits per heavy atom. The molecule has 2 unspecified atom stereocenters. The standard InChI is InChI=1S/C14H18ClNO3/c15-11-4-5-13(17)10(6-11)8-16-12-3-1-2-9(7-12)14(18)19/h4-6,9,12,16-17H,1-3,7-8H2,(H,18,19). The van der Waals surface area contributed by atoms with Gasteiger partial charge in [0.15, 0.2) is 0 Å². The molecule has 1 fully saturated rings. The molecule has 1 saturated carbocycles. The van der Waals surface area contributed by atoms with Gasteiger partial charge in [0.1, 0.15) is 5.75 Å². The van der Waals surface area contributed by atoms with Gasteiger partial charge in [0.25, 0.3) is 0 Å². The van der Waals surface area contributed by atoms with E-state index in [1.165, 1.54) is 0 Å². The van der Waals surface area contributed by atoms with E-state index in [4.69, 9.17) is 16.7 Å². The largest absolute Gasteiger partial charge is 0.508 e. The predicted molar refractivity (Wildman–Crippen MR) is 73.3 cm³/mol. The maximum absolute atomic E-state index is 11.0. The molecule has 1 aromatic rings. The maximum Gasteiger partial charge on any atom is 0.306 e. The lowest BCUT2D eigenvalue weighted by atomic mass is 9.86. The van der Waals surface area contributed by atoms with E-state index in [0.717, 1.165) is 24.8 Å². The number of phenolic OH excluding ortho intramolecular Hbond substituents is 1. The minimum absolute atomic E-state index is 0.188. The van der Waals surface area contributed by atoms with Crippen LogP contribution in [-0.4, -0.2) is 22.2 Å². The van der Waals surface area contributed by atoms with Crippen LogP contribution < -0.4 is 5.32 Å². The van der Waals surface area contributed by atoms with Gasteiger partial charge >= 0.3 is 5.97 Å². The van der Waals surface area contributed by atoms with Crippen molar-refractivity contribution in [1.82, 2.24) is 5.32 Å². The van der Waals surface area contributed by atoms with Crippen LogP contribution in [0.2, 0.25) is 5.02 Å². The third-order valence-corrected chi connectivity index (χ3v) is 3.88. The second-order valence-electron chi connectivity index (χ2n) is 5.05. The van der Waals surface area contributed by atoms with Crippen molar-refractivity contribution in [3.63, 3.8) is 0 Å². The highest BCUT2D eigenvalue weighted by Gasteiger charge is 2.26. The SMILES string of the molecule is O=C(O)C1CCCC(NCc2cc(Cl)ccc2O)C1. The molecule has 2 atom stereocenters. The Morgan fingerprint density at radius 3 is 2.95 bits per heavy atom. The minimum atomic E-state index is -0.711. The van der Waals surface area contributed by atoms with Crippen LogP contribution in [0.15, 0.2) is 18.2 Å². The molecule has 0 aliphatic heterocycles. The summed E-state index contributed by atoms with van der Waals surface area (Å²) in [7, 11) is 0. The quantitative estimate of drug-likeness (QED) is 0.795. The van der Waals surface area contributed by atoms with Crippen LogP contribution in [0, 0.1) is 5.92 Å². The van der Waals surface area contributed by atoms with E-state index in [2.05, 4.69) is 5.32 Å². The van der Waals surface area contributed by atoms with Gasteiger partial charge in [-0.05, 0) is 37.5 Å². The lowest BCUT2D eigenvalue weighted by Crippen LogP contribution is -2.36. The fourth-order valence-corrected chi connectivity index (χ4v) is 2.74. The van der Waals surface area contributed by atoms with Gasteiger partial charge in [-0.3, -0.25) is 4.79 Å². The van der Waals surface area contributed by atoms with E-state index < -0.39 is 5.97 Å². The molecule has 0 bridgehead atoms. The smallest absolute Gasteiger partial charge is 0.306 e. The molecule has 0 saturated heterocycles. The summed E-state index contributed by atoms with van der Waals surface area (Å²) in [5.74, 6) is -0.751. The Labute approximate surface area is 117 Å². The summed E-state index contributed by atoms with van der Waals surface area (Å²) in [6, 6.07) is 5.12. The van der Waals surface area contributed by atoms with Crippen molar-refractivity contribution in [1.29, 1.82) is 0 Å². The molecule has 5 heteroatoms. The second kappa shape index (κ2) is 6.26. The van der Waals surface area contributed by atoms with Crippen LogP contribution in [0.25, 0.3) is 0 Å². The number of hydrogen-bond acceptors (Lipinski definition) is 3. The summed E-state index contributed by atoms with van der Waals surface area (Å²) in [4.78, 5) is 11.0. The van der Waals surface area contributed by atoms with Crippen molar-refractivity contribution in [2.24, 2.45) is 5.92 Å². The first-order valence-electron chi connectivity index (χ1n) is 6.50.